The maximum absolute atomic E-state index is 10.9. The van der Waals surface area contributed by atoms with Crippen LogP contribution in [-0.2, 0) is 9.53 Å². The zero-order valence-electron chi connectivity index (χ0n) is 8.38. The van der Waals surface area contributed by atoms with Crippen molar-refractivity contribution < 1.29 is 9.53 Å². The Bertz CT molecular complexity index is 179. The van der Waals surface area contributed by atoms with Crippen LogP contribution in [0.15, 0.2) is 0 Å². The van der Waals surface area contributed by atoms with E-state index in [1.165, 1.54) is 0 Å². The van der Waals surface area contributed by atoms with Crippen molar-refractivity contribution in [3.8, 4) is 0 Å². The summed E-state index contributed by atoms with van der Waals surface area (Å²) in [5.41, 5.74) is 0.434. The molecule has 76 valence electrons. The lowest BCUT2D eigenvalue weighted by Gasteiger charge is -2.33. The van der Waals surface area contributed by atoms with Gasteiger partial charge in [-0.3, -0.25) is 4.79 Å². The lowest BCUT2D eigenvalue weighted by molar-refractivity contribution is -0.148. The zero-order valence-corrected chi connectivity index (χ0v) is 9.27. The molecule has 0 aromatic rings. The van der Waals surface area contributed by atoms with Gasteiger partial charge in [-0.15, -0.1) is 0 Å². The first-order chi connectivity index (χ1) is 6.03. The average Bonchev–Trinajstić information content (AvgIpc) is 2.08. The summed E-state index contributed by atoms with van der Waals surface area (Å²) in [6, 6.07) is 0. The van der Waals surface area contributed by atoms with Crippen LogP contribution in [0.1, 0.15) is 39.5 Å². The molecule has 13 heavy (non-hydrogen) atoms. The predicted molar refractivity (Wildman–Crippen MR) is 56.0 cm³/mol. The van der Waals surface area contributed by atoms with Crippen LogP contribution in [0.4, 0.5) is 0 Å². The maximum Gasteiger partial charge on any atom is 0.315 e. The highest BCUT2D eigenvalue weighted by molar-refractivity contribution is 7.81. The molecule has 1 aliphatic rings. The molecule has 0 amide bonds. The fourth-order valence-electron chi connectivity index (χ4n) is 1.71. The Morgan fingerprint density at radius 1 is 1.46 bits per heavy atom. The molecule has 0 atom stereocenters. The molecule has 0 aromatic carbocycles. The van der Waals surface area contributed by atoms with E-state index in [1.54, 1.807) is 0 Å². The summed E-state index contributed by atoms with van der Waals surface area (Å²) < 4.78 is 5.22. The largest absolute Gasteiger partial charge is 0.462 e. The molecule has 1 aliphatic carbocycles. The Kier molecular flexibility index (Phi) is 3.65. The third-order valence-electron chi connectivity index (χ3n) is 2.71. The fourth-order valence-corrected chi connectivity index (χ4v) is 1.79. The molecule has 0 unspecified atom stereocenters. The van der Waals surface area contributed by atoms with Crippen LogP contribution in [0.3, 0.4) is 0 Å². The van der Waals surface area contributed by atoms with Crippen LogP contribution in [0.25, 0.3) is 0 Å². The summed E-state index contributed by atoms with van der Waals surface area (Å²) in [4.78, 5) is 10.9. The summed E-state index contributed by atoms with van der Waals surface area (Å²) in [6.07, 6.45) is 4.46. The molecule has 0 bridgehead atoms. The van der Waals surface area contributed by atoms with Crippen molar-refractivity contribution in [3.63, 3.8) is 0 Å². The Morgan fingerprint density at radius 3 is 2.46 bits per heavy atom. The van der Waals surface area contributed by atoms with Gasteiger partial charge in [-0.1, -0.05) is 13.8 Å². The lowest BCUT2D eigenvalue weighted by Crippen LogP contribution is -2.28. The number of thiol groups is 1. The van der Waals surface area contributed by atoms with Gasteiger partial charge in [0.05, 0.1) is 5.75 Å². The zero-order chi connectivity index (χ0) is 9.90. The monoisotopic (exact) mass is 202 g/mol. The summed E-state index contributed by atoms with van der Waals surface area (Å²) in [6.45, 7) is 4.54. The van der Waals surface area contributed by atoms with E-state index < -0.39 is 0 Å². The molecule has 0 heterocycles. The van der Waals surface area contributed by atoms with E-state index in [1.807, 2.05) is 0 Å². The van der Waals surface area contributed by atoms with E-state index in [0.717, 1.165) is 25.7 Å². The number of carbonyl (C=O) groups is 1. The molecule has 1 rings (SSSR count). The second kappa shape index (κ2) is 4.36. The topological polar surface area (TPSA) is 26.3 Å². The van der Waals surface area contributed by atoms with Crippen LogP contribution < -0.4 is 0 Å². The Labute approximate surface area is 85.4 Å². The third kappa shape index (κ3) is 3.59. The van der Waals surface area contributed by atoms with Crippen LogP contribution in [0, 0.1) is 5.41 Å². The second-order valence-corrected chi connectivity index (χ2v) is 4.83. The first kappa shape index (κ1) is 10.9. The van der Waals surface area contributed by atoms with Gasteiger partial charge in [0.2, 0.25) is 0 Å². The van der Waals surface area contributed by atoms with Crippen molar-refractivity contribution >= 4 is 18.6 Å². The molecule has 0 aliphatic heterocycles. The van der Waals surface area contributed by atoms with Gasteiger partial charge in [-0.2, -0.15) is 12.6 Å². The predicted octanol–water partition coefficient (Wildman–Crippen LogP) is 2.43. The SMILES string of the molecule is CC1(C)CCC(OC(=O)CS)CC1. The van der Waals surface area contributed by atoms with Crippen molar-refractivity contribution in [2.45, 2.75) is 45.6 Å². The molecule has 3 heteroatoms. The van der Waals surface area contributed by atoms with Gasteiger partial charge in [0, 0.05) is 0 Å². The highest BCUT2D eigenvalue weighted by Crippen LogP contribution is 2.36. The van der Waals surface area contributed by atoms with Crippen LogP contribution >= 0.6 is 12.6 Å². The quantitative estimate of drug-likeness (QED) is 0.550. The second-order valence-electron chi connectivity index (χ2n) is 4.51. The van der Waals surface area contributed by atoms with Gasteiger partial charge in [-0.05, 0) is 31.1 Å². The smallest absolute Gasteiger partial charge is 0.315 e. The van der Waals surface area contributed by atoms with E-state index in [4.69, 9.17) is 4.74 Å². The number of ether oxygens (including phenoxy) is 1. The first-order valence-electron chi connectivity index (χ1n) is 4.84. The van der Waals surface area contributed by atoms with E-state index in [0.29, 0.717) is 5.41 Å². The number of carbonyl (C=O) groups excluding carboxylic acids is 1. The molecule has 0 saturated heterocycles. The van der Waals surface area contributed by atoms with Crippen LogP contribution in [-0.4, -0.2) is 17.8 Å². The van der Waals surface area contributed by atoms with Crippen molar-refractivity contribution in [1.29, 1.82) is 0 Å². The minimum atomic E-state index is -0.187. The molecular weight excluding hydrogens is 184 g/mol. The van der Waals surface area contributed by atoms with E-state index in [9.17, 15) is 4.79 Å². The molecule has 1 fully saturated rings. The lowest BCUT2D eigenvalue weighted by atomic mass is 9.76. The maximum atomic E-state index is 10.9. The Hall–Kier alpha value is -0.180. The number of hydrogen-bond donors (Lipinski definition) is 1. The van der Waals surface area contributed by atoms with Crippen molar-refractivity contribution in [2.75, 3.05) is 5.75 Å². The van der Waals surface area contributed by atoms with Gasteiger partial charge in [0.1, 0.15) is 6.10 Å². The highest BCUT2D eigenvalue weighted by atomic mass is 32.1. The average molecular weight is 202 g/mol. The molecule has 0 aromatic heterocycles. The Balaban J connectivity index is 2.29. The summed E-state index contributed by atoms with van der Waals surface area (Å²) in [7, 11) is 0. The van der Waals surface area contributed by atoms with Gasteiger partial charge < -0.3 is 4.74 Å². The van der Waals surface area contributed by atoms with Crippen molar-refractivity contribution in [2.24, 2.45) is 5.41 Å². The summed E-state index contributed by atoms with van der Waals surface area (Å²) >= 11 is 3.87. The van der Waals surface area contributed by atoms with E-state index in [-0.39, 0.29) is 17.8 Å². The first-order valence-corrected chi connectivity index (χ1v) is 5.47. The van der Waals surface area contributed by atoms with Gasteiger partial charge in [0.15, 0.2) is 0 Å². The van der Waals surface area contributed by atoms with Gasteiger partial charge in [0.25, 0.3) is 0 Å². The van der Waals surface area contributed by atoms with E-state index in [2.05, 4.69) is 26.5 Å². The summed E-state index contributed by atoms with van der Waals surface area (Å²) in [5.74, 6) is 0.00734. The number of hydrogen-bond acceptors (Lipinski definition) is 3. The molecule has 0 spiro atoms. The van der Waals surface area contributed by atoms with Crippen LogP contribution in [0.5, 0.6) is 0 Å². The van der Waals surface area contributed by atoms with Gasteiger partial charge >= 0.3 is 5.97 Å². The van der Waals surface area contributed by atoms with Gasteiger partial charge in [-0.25, -0.2) is 0 Å². The minimum Gasteiger partial charge on any atom is -0.462 e. The normalized spacial score (nSPS) is 22.7. The Morgan fingerprint density at radius 2 is 2.00 bits per heavy atom. The fraction of sp³-hybridized carbons (Fsp3) is 0.900. The molecule has 0 radical (unpaired) electrons. The molecular formula is C10H18O2S. The third-order valence-corrected chi connectivity index (χ3v) is 2.97. The van der Waals surface area contributed by atoms with Crippen molar-refractivity contribution in [1.82, 2.24) is 0 Å². The number of esters is 1. The molecule has 1 saturated carbocycles. The van der Waals surface area contributed by atoms with Crippen molar-refractivity contribution in [3.05, 3.63) is 0 Å². The minimum absolute atomic E-state index is 0.146. The highest BCUT2D eigenvalue weighted by Gasteiger charge is 2.28. The standard InChI is InChI=1S/C10H18O2S/c1-10(2)5-3-8(4-6-10)12-9(11)7-13/h8,13H,3-7H2,1-2H3. The number of rotatable bonds is 2. The van der Waals surface area contributed by atoms with Crippen LogP contribution in [0.2, 0.25) is 0 Å². The summed E-state index contributed by atoms with van der Waals surface area (Å²) in [5, 5.41) is 0. The molecule has 0 N–H and O–H groups in total. The van der Waals surface area contributed by atoms with E-state index >= 15 is 0 Å². The molecule has 2 nitrogen and oxygen atoms in total.